The summed E-state index contributed by atoms with van der Waals surface area (Å²) >= 11 is 0. The minimum atomic E-state index is -0.151. The highest BCUT2D eigenvalue weighted by Gasteiger charge is 2.22. The Morgan fingerprint density at radius 1 is 1.15 bits per heavy atom. The molecule has 6 nitrogen and oxygen atoms in total. The Morgan fingerprint density at radius 2 is 1.85 bits per heavy atom. The maximum Gasteiger partial charge on any atom is 0.273 e. The van der Waals surface area contributed by atoms with E-state index in [0.29, 0.717) is 17.9 Å². The number of hydrogen-bond acceptors (Lipinski definition) is 4. The van der Waals surface area contributed by atoms with Gasteiger partial charge in [-0.1, -0.05) is 31.5 Å². The Balaban J connectivity index is 1.61. The van der Waals surface area contributed by atoms with Gasteiger partial charge in [-0.3, -0.25) is 4.79 Å². The molecule has 3 rings (SSSR count). The van der Waals surface area contributed by atoms with Gasteiger partial charge in [0.05, 0.1) is 11.4 Å². The van der Waals surface area contributed by atoms with E-state index in [1.807, 2.05) is 26.0 Å². The van der Waals surface area contributed by atoms with Crippen molar-refractivity contribution in [1.82, 2.24) is 25.2 Å². The van der Waals surface area contributed by atoms with Crippen LogP contribution in [-0.4, -0.2) is 52.0 Å². The van der Waals surface area contributed by atoms with E-state index in [9.17, 15) is 4.79 Å². The number of nitrogens with one attached hydrogen (secondary N) is 1. The molecule has 2 heterocycles. The fraction of sp³-hybridized carbons (Fsp3) is 0.571. The summed E-state index contributed by atoms with van der Waals surface area (Å²) in [4.78, 5) is 16.6. The molecule has 1 N–H and O–H groups in total. The standard InChI is InChI=1S/C21H31N5O/c1-14-6-7-19(17(4)11-14)26-23-18(5)20(24-26)21(27)22-8-9-25-12-15(2)10-16(3)13-25/h6-7,11,15-16H,8-10,12-13H2,1-5H3,(H,22,27). The highest BCUT2D eigenvalue weighted by molar-refractivity contribution is 5.93. The topological polar surface area (TPSA) is 63.1 Å². The molecule has 2 atom stereocenters. The first-order chi connectivity index (χ1) is 12.8. The maximum atomic E-state index is 12.6. The fourth-order valence-electron chi connectivity index (χ4n) is 4.11. The third-order valence-corrected chi connectivity index (χ3v) is 5.22. The first-order valence-electron chi connectivity index (χ1n) is 9.85. The molecular formula is C21H31N5O. The highest BCUT2D eigenvalue weighted by Crippen LogP contribution is 2.20. The number of rotatable bonds is 5. The van der Waals surface area contributed by atoms with Gasteiger partial charge in [0.15, 0.2) is 5.69 Å². The molecule has 0 bridgehead atoms. The van der Waals surface area contributed by atoms with E-state index in [1.165, 1.54) is 12.0 Å². The van der Waals surface area contributed by atoms with Gasteiger partial charge in [-0.2, -0.15) is 9.90 Å². The lowest BCUT2D eigenvalue weighted by molar-refractivity contribution is 0.0930. The molecule has 0 spiro atoms. The Morgan fingerprint density at radius 3 is 2.52 bits per heavy atom. The molecule has 27 heavy (non-hydrogen) atoms. The van der Waals surface area contributed by atoms with E-state index in [4.69, 9.17) is 0 Å². The molecule has 1 aliphatic rings. The Kier molecular flexibility index (Phi) is 5.95. The lowest BCUT2D eigenvalue weighted by Gasteiger charge is -2.34. The van der Waals surface area contributed by atoms with Crippen molar-refractivity contribution in [2.45, 2.75) is 41.0 Å². The Hall–Kier alpha value is -2.21. The van der Waals surface area contributed by atoms with Crippen LogP contribution in [0.1, 0.15) is 47.6 Å². The third-order valence-electron chi connectivity index (χ3n) is 5.22. The summed E-state index contributed by atoms with van der Waals surface area (Å²) in [5.74, 6) is 1.30. The van der Waals surface area contributed by atoms with Crippen molar-refractivity contribution in [3.05, 3.63) is 40.7 Å². The molecule has 0 radical (unpaired) electrons. The van der Waals surface area contributed by atoms with Crippen LogP contribution in [0.15, 0.2) is 18.2 Å². The van der Waals surface area contributed by atoms with E-state index in [0.717, 1.165) is 42.7 Å². The second kappa shape index (κ2) is 8.21. The molecular weight excluding hydrogens is 338 g/mol. The number of hydrogen-bond donors (Lipinski definition) is 1. The lowest BCUT2D eigenvalue weighted by Crippen LogP contribution is -2.43. The van der Waals surface area contributed by atoms with Gasteiger partial charge in [-0.25, -0.2) is 0 Å². The summed E-state index contributed by atoms with van der Waals surface area (Å²) in [5.41, 5.74) is 4.23. The summed E-state index contributed by atoms with van der Waals surface area (Å²) in [7, 11) is 0. The van der Waals surface area contributed by atoms with Gasteiger partial charge in [0.25, 0.3) is 5.91 Å². The van der Waals surface area contributed by atoms with Gasteiger partial charge in [-0.15, -0.1) is 5.10 Å². The van der Waals surface area contributed by atoms with Crippen LogP contribution in [0.4, 0.5) is 0 Å². The van der Waals surface area contributed by atoms with Gasteiger partial charge >= 0.3 is 0 Å². The number of amides is 1. The Bertz CT molecular complexity index is 803. The monoisotopic (exact) mass is 369 g/mol. The van der Waals surface area contributed by atoms with Gasteiger partial charge in [0, 0.05) is 26.2 Å². The summed E-state index contributed by atoms with van der Waals surface area (Å²) in [5, 5.41) is 11.9. The zero-order valence-electron chi connectivity index (χ0n) is 17.1. The number of aryl methyl sites for hydroxylation is 3. The first kappa shape index (κ1) is 19.5. The molecule has 1 aromatic heterocycles. The highest BCUT2D eigenvalue weighted by atomic mass is 16.2. The molecule has 0 aliphatic carbocycles. The maximum absolute atomic E-state index is 12.6. The molecule has 0 saturated carbocycles. The smallest absolute Gasteiger partial charge is 0.273 e. The van der Waals surface area contributed by atoms with Crippen molar-refractivity contribution in [2.24, 2.45) is 11.8 Å². The molecule has 2 aromatic rings. The van der Waals surface area contributed by atoms with Crippen LogP contribution in [0, 0.1) is 32.6 Å². The van der Waals surface area contributed by atoms with Crippen molar-refractivity contribution < 1.29 is 4.79 Å². The van der Waals surface area contributed by atoms with Crippen LogP contribution >= 0.6 is 0 Å². The van der Waals surface area contributed by atoms with Gasteiger partial charge < -0.3 is 10.2 Å². The van der Waals surface area contributed by atoms with Crippen LogP contribution in [0.3, 0.4) is 0 Å². The second-order valence-corrected chi connectivity index (χ2v) is 8.17. The molecule has 1 fully saturated rings. The molecule has 146 valence electrons. The normalized spacial score (nSPS) is 20.6. The Labute approximate surface area is 161 Å². The van der Waals surface area contributed by atoms with E-state index in [1.54, 1.807) is 4.80 Å². The minimum absolute atomic E-state index is 0.151. The number of aromatic nitrogens is 3. The minimum Gasteiger partial charge on any atom is -0.349 e. The van der Waals surface area contributed by atoms with E-state index in [2.05, 4.69) is 47.3 Å². The van der Waals surface area contributed by atoms with Gasteiger partial charge in [-0.05, 0) is 50.7 Å². The van der Waals surface area contributed by atoms with Crippen LogP contribution in [-0.2, 0) is 0 Å². The lowest BCUT2D eigenvalue weighted by atomic mass is 9.92. The summed E-state index contributed by atoms with van der Waals surface area (Å²) < 4.78 is 0. The van der Waals surface area contributed by atoms with Gasteiger partial charge in [0.2, 0.25) is 0 Å². The summed E-state index contributed by atoms with van der Waals surface area (Å²) in [6.07, 6.45) is 1.30. The largest absolute Gasteiger partial charge is 0.349 e. The number of carbonyl (C=O) groups is 1. The number of nitrogens with zero attached hydrogens (tertiary/aromatic N) is 4. The van der Waals surface area contributed by atoms with Crippen molar-refractivity contribution in [3.63, 3.8) is 0 Å². The molecule has 1 aliphatic heterocycles. The predicted octanol–water partition coefficient (Wildman–Crippen LogP) is 2.90. The average molecular weight is 370 g/mol. The van der Waals surface area contributed by atoms with Crippen molar-refractivity contribution in [1.29, 1.82) is 0 Å². The molecule has 6 heteroatoms. The van der Waals surface area contributed by atoms with Crippen molar-refractivity contribution >= 4 is 5.91 Å². The number of carbonyl (C=O) groups excluding carboxylic acids is 1. The summed E-state index contributed by atoms with van der Waals surface area (Å²) in [6.45, 7) is 14.3. The van der Waals surface area contributed by atoms with E-state index < -0.39 is 0 Å². The second-order valence-electron chi connectivity index (χ2n) is 8.17. The van der Waals surface area contributed by atoms with Crippen molar-refractivity contribution in [3.8, 4) is 5.69 Å². The molecule has 1 aromatic carbocycles. The van der Waals surface area contributed by atoms with Crippen molar-refractivity contribution in [2.75, 3.05) is 26.2 Å². The number of benzene rings is 1. The van der Waals surface area contributed by atoms with Crippen LogP contribution < -0.4 is 5.32 Å². The summed E-state index contributed by atoms with van der Waals surface area (Å²) in [6, 6.07) is 6.11. The first-order valence-corrected chi connectivity index (χ1v) is 9.85. The quantitative estimate of drug-likeness (QED) is 0.880. The molecule has 1 saturated heterocycles. The molecule has 1 amide bonds. The van der Waals surface area contributed by atoms with E-state index in [-0.39, 0.29) is 5.91 Å². The van der Waals surface area contributed by atoms with Crippen LogP contribution in [0.25, 0.3) is 5.69 Å². The SMILES string of the molecule is Cc1ccc(-n2nc(C)c(C(=O)NCCN3CC(C)CC(C)C3)n2)c(C)c1. The predicted molar refractivity (Wildman–Crippen MR) is 107 cm³/mol. The number of likely N-dealkylation sites (tertiary alicyclic amines) is 1. The van der Waals surface area contributed by atoms with Crippen LogP contribution in [0.2, 0.25) is 0 Å². The van der Waals surface area contributed by atoms with Crippen LogP contribution in [0.5, 0.6) is 0 Å². The zero-order chi connectivity index (χ0) is 19.6. The zero-order valence-corrected chi connectivity index (χ0v) is 17.1. The van der Waals surface area contributed by atoms with E-state index >= 15 is 0 Å². The fourth-order valence-corrected chi connectivity index (χ4v) is 4.11. The van der Waals surface area contributed by atoms with Gasteiger partial charge in [0.1, 0.15) is 0 Å². The average Bonchev–Trinajstić information content (AvgIpc) is 2.95. The number of piperidine rings is 1. The third kappa shape index (κ3) is 4.75. The molecule has 2 unspecified atom stereocenters.